The van der Waals surface area contributed by atoms with E-state index in [4.69, 9.17) is 5.11 Å². The van der Waals surface area contributed by atoms with Crippen LogP contribution in [0.4, 0.5) is 4.39 Å². The maximum absolute atomic E-state index is 13.5. The Kier molecular flexibility index (Phi) is 10.7. The summed E-state index contributed by atoms with van der Waals surface area (Å²) in [6.45, 7) is 4.52. The Balaban J connectivity index is 0.00000306. The number of aliphatic carboxylic acids is 1. The number of carboxylic acid groups (broad SMARTS) is 1. The second-order valence-corrected chi connectivity index (χ2v) is 9.09. The van der Waals surface area contributed by atoms with E-state index in [0.717, 1.165) is 24.1 Å². The Morgan fingerprint density at radius 2 is 1.85 bits per heavy atom. The maximum atomic E-state index is 13.5. The molecule has 0 saturated heterocycles. The van der Waals surface area contributed by atoms with Crippen LogP contribution in [0.1, 0.15) is 75.0 Å². The number of aromatic nitrogens is 2. The number of nitrogens with one attached hydrogen (secondary N) is 1. The van der Waals surface area contributed by atoms with Gasteiger partial charge in [0.1, 0.15) is 5.82 Å². The number of carbonyl (C=O) groups is 2. The molecule has 10 heteroatoms. The Morgan fingerprint density at radius 3 is 2.41 bits per heavy atom. The first-order valence-corrected chi connectivity index (χ1v) is 11.4. The first kappa shape index (κ1) is 28.5. The van der Waals surface area contributed by atoms with E-state index in [-0.39, 0.29) is 61.5 Å². The van der Waals surface area contributed by atoms with Gasteiger partial charge in [-0.3, -0.25) is 9.59 Å². The van der Waals surface area contributed by atoms with Gasteiger partial charge in [0.25, 0.3) is 5.91 Å². The molecule has 1 aliphatic carbocycles. The minimum Gasteiger partial charge on any atom is -1.00 e. The molecule has 0 unspecified atom stereocenters. The van der Waals surface area contributed by atoms with Crippen molar-refractivity contribution < 1.29 is 60.3 Å². The summed E-state index contributed by atoms with van der Waals surface area (Å²) in [5.41, 5.74) is 2.38. The number of carbonyl (C=O) groups excluding carboxylic acids is 1. The quantitative estimate of drug-likeness (QED) is 0.312. The van der Waals surface area contributed by atoms with Gasteiger partial charge in [0.05, 0.1) is 24.3 Å². The molecule has 1 heterocycles. The van der Waals surface area contributed by atoms with Crippen LogP contribution < -0.4 is 34.9 Å². The molecule has 8 nitrogen and oxygen atoms in total. The van der Waals surface area contributed by atoms with Crippen molar-refractivity contribution in [3.05, 3.63) is 47.0 Å². The van der Waals surface area contributed by atoms with Crippen molar-refractivity contribution >= 4 is 11.9 Å². The first-order chi connectivity index (χ1) is 15.7. The van der Waals surface area contributed by atoms with Crippen LogP contribution in [0.3, 0.4) is 0 Å². The molecule has 2 aromatic rings. The number of halogens is 1. The van der Waals surface area contributed by atoms with Crippen LogP contribution in [0.2, 0.25) is 0 Å². The van der Waals surface area contributed by atoms with Crippen molar-refractivity contribution in [3.8, 4) is 5.69 Å². The van der Waals surface area contributed by atoms with Crippen LogP contribution in [0, 0.1) is 11.7 Å². The zero-order valence-corrected chi connectivity index (χ0v) is 22.0. The van der Waals surface area contributed by atoms with Crippen molar-refractivity contribution in [2.45, 2.75) is 70.5 Å². The third-order valence-corrected chi connectivity index (χ3v) is 5.80. The fourth-order valence-corrected chi connectivity index (χ4v) is 3.94. The third kappa shape index (κ3) is 7.88. The van der Waals surface area contributed by atoms with E-state index < -0.39 is 24.6 Å². The number of aliphatic hydroxyl groups is 2. The van der Waals surface area contributed by atoms with Gasteiger partial charge in [0.15, 0.2) is 5.69 Å². The summed E-state index contributed by atoms with van der Waals surface area (Å²) in [6, 6.07) is 5.79. The zero-order valence-electron chi connectivity index (χ0n) is 21.0. The van der Waals surface area contributed by atoms with Crippen molar-refractivity contribution in [3.63, 3.8) is 0 Å². The molecule has 0 aliphatic heterocycles. The van der Waals surface area contributed by atoms with Crippen LogP contribution in [-0.4, -0.2) is 55.7 Å². The van der Waals surface area contributed by atoms with E-state index in [0.29, 0.717) is 30.3 Å². The molecule has 1 aromatic carbocycles. The van der Waals surface area contributed by atoms with Crippen molar-refractivity contribution in [2.75, 3.05) is 6.54 Å². The maximum Gasteiger partial charge on any atom is 1.00 e. The SMILES string of the molecule is CC(C)c1c(C(=O)NCC2CC2)nn(-c2ccc(F)cc2)c1CC[C@@H](O)C[C@@H](O)CC(=O)O.[H-].[Na+]. The number of amides is 1. The number of hydrogen-bond acceptors (Lipinski definition) is 5. The number of hydrogen-bond donors (Lipinski definition) is 4. The van der Waals surface area contributed by atoms with E-state index in [9.17, 15) is 24.2 Å². The zero-order chi connectivity index (χ0) is 24.1. The number of nitrogens with zero attached hydrogens (tertiary/aromatic N) is 2. The third-order valence-electron chi connectivity index (χ3n) is 5.80. The van der Waals surface area contributed by atoms with Gasteiger partial charge in [-0.15, -0.1) is 0 Å². The van der Waals surface area contributed by atoms with Crippen LogP contribution in [0.5, 0.6) is 0 Å². The topological polar surface area (TPSA) is 125 Å². The first-order valence-electron chi connectivity index (χ1n) is 11.4. The molecule has 0 bridgehead atoms. The van der Waals surface area contributed by atoms with E-state index >= 15 is 0 Å². The normalized spacial score (nSPS) is 15.0. The summed E-state index contributed by atoms with van der Waals surface area (Å²) >= 11 is 0. The molecule has 1 aliphatic rings. The van der Waals surface area contributed by atoms with Gasteiger partial charge >= 0.3 is 35.5 Å². The fraction of sp³-hybridized carbons (Fsp3) is 0.542. The van der Waals surface area contributed by atoms with Gasteiger partial charge in [-0.2, -0.15) is 5.10 Å². The predicted molar refractivity (Wildman–Crippen MR) is 121 cm³/mol. The number of rotatable bonds is 12. The summed E-state index contributed by atoms with van der Waals surface area (Å²) in [5.74, 6) is -1.30. The van der Waals surface area contributed by atoms with Crippen LogP contribution in [0.25, 0.3) is 5.69 Å². The van der Waals surface area contributed by atoms with Gasteiger partial charge in [-0.25, -0.2) is 9.07 Å². The summed E-state index contributed by atoms with van der Waals surface area (Å²) in [4.78, 5) is 23.7. The molecule has 34 heavy (non-hydrogen) atoms. The van der Waals surface area contributed by atoms with Crippen LogP contribution >= 0.6 is 0 Å². The number of aliphatic hydroxyl groups excluding tert-OH is 2. The second kappa shape index (κ2) is 12.8. The summed E-state index contributed by atoms with van der Waals surface area (Å²) in [6.07, 6.45) is 0.226. The molecule has 4 N–H and O–H groups in total. The predicted octanol–water partition coefficient (Wildman–Crippen LogP) is -0.0897. The molecule has 0 spiro atoms. The summed E-state index contributed by atoms with van der Waals surface area (Å²) in [5, 5.41) is 36.5. The monoisotopic (exact) mass is 485 g/mol. The van der Waals surface area contributed by atoms with Crippen molar-refractivity contribution in [1.29, 1.82) is 0 Å². The van der Waals surface area contributed by atoms with Gasteiger partial charge in [-0.1, -0.05) is 13.8 Å². The minimum absolute atomic E-state index is 0. The molecule has 2 atom stereocenters. The Labute approximate surface area is 222 Å². The molecule has 1 saturated carbocycles. The smallest absolute Gasteiger partial charge is 1.00 e. The molecule has 1 fully saturated rings. The fourth-order valence-electron chi connectivity index (χ4n) is 3.94. The van der Waals surface area contributed by atoms with Gasteiger partial charge in [0, 0.05) is 17.8 Å². The van der Waals surface area contributed by atoms with Crippen molar-refractivity contribution in [2.24, 2.45) is 5.92 Å². The average molecular weight is 486 g/mol. The Morgan fingerprint density at radius 1 is 1.21 bits per heavy atom. The van der Waals surface area contributed by atoms with Crippen LogP contribution in [0.15, 0.2) is 24.3 Å². The summed E-state index contributed by atoms with van der Waals surface area (Å²) < 4.78 is 15.1. The van der Waals surface area contributed by atoms with Crippen molar-refractivity contribution in [1.82, 2.24) is 15.1 Å². The van der Waals surface area contributed by atoms with E-state index in [1.54, 1.807) is 16.8 Å². The van der Waals surface area contributed by atoms with Gasteiger partial charge in [-0.05, 0) is 68.2 Å². The average Bonchev–Trinajstić information content (AvgIpc) is 3.48. The Hall–Kier alpha value is -1.78. The molecule has 3 rings (SSSR count). The summed E-state index contributed by atoms with van der Waals surface area (Å²) in [7, 11) is 0. The molecule has 182 valence electrons. The number of benzene rings is 1. The molecule has 1 amide bonds. The van der Waals surface area contributed by atoms with E-state index in [1.165, 1.54) is 12.1 Å². The molecule has 1 aromatic heterocycles. The molecular formula is C24H33FN3NaO5. The van der Waals surface area contributed by atoms with E-state index in [2.05, 4.69) is 10.4 Å². The standard InChI is InChI=1S/C24H32FN3O5.Na.H/c1-14(2)22-20(10-9-18(29)11-19(30)12-21(31)32)28(17-7-5-16(25)6-8-17)27-23(22)24(33)26-13-15-3-4-15;;/h5-8,14-15,18-19,29-30H,3-4,9-13H2,1-2H3,(H,26,33)(H,31,32);;/q;+1;-1/t18-,19-;;/m1../s1. The largest absolute Gasteiger partial charge is 1.00 e. The minimum atomic E-state index is -1.15. The molecular weight excluding hydrogens is 452 g/mol. The Bertz CT molecular complexity index is 982. The number of carboxylic acids is 1. The van der Waals surface area contributed by atoms with Gasteiger partial charge in [0.2, 0.25) is 0 Å². The van der Waals surface area contributed by atoms with Crippen LogP contribution in [-0.2, 0) is 11.2 Å². The molecule has 0 radical (unpaired) electrons. The van der Waals surface area contributed by atoms with E-state index in [1.807, 2.05) is 13.8 Å². The van der Waals surface area contributed by atoms with Gasteiger partial charge < -0.3 is 22.1 Å². The second-order valence-electron chi connectivity index (χ2n) is 9.09.